The molecule has 0 bridgehead atoms. The minimum Gasteiger partial charge on any atom is -0.507 e. The number of aromatic nitrogens is 1. The highest BCUT2D eigenvalue weighted by atomic mass is 35.5. The first kappa shape index (κ1) is 23.3. The van der Waals surface area contributed by atoms with E-state index in [0.717, 1.165) is 10.9 Å². The summed E-state index contributed by atoms with van der Waals surface area (Å²) < 4.78 is 16.1. The van der Waals surface area contributed by atoms with E-state index in [2.05, 4.69) is 4.98 Å². The maximum Gasteiger partial charge on any atom is 0.300 e. The van der Waals surface area contributed by atoms with Crippen molar-refractivity contribution in [1.29, 1.82) is 0 Å². The van der Waals surface area contributed by atoms with E-state index in [9.17, 15) is 14.7 Å². The molecule has 10 heteroatoms. The minimum absolute atomic E-state index is 0.0580. The lowest BCUT2D eigenvalue weighted by atomic mass is 9.94. The first-order valence-corrected chi connectivity index (χ1v) is 11.9. The van der Waals surface area contributed by atoms with Crippen molar-refractivity contribution < 1.29 is 28.9 Å². The van der Waals surface area contributed by atoms with Gasteiger partial charge >= 0.3 is 0 Å². The molecule has 1 saturated heterocycles. The number of H-pyrrole nitrogens is 1. The molecule has 3 aromatic carbocycles. The van der Waals surface area contributed by atoms with E-state index in [-0.39, 0.29) is 33.7 Å². The molecule has 8 nitrogen and oxygen atoms in total. The number of halogens is 2. The number of benzene rings is 3. The van der Waals surface area contributed by atoms with Gasteiger partial charge in [-0.3, -0.25) is 14.5 Å². The maximum atomic E-state index is 13.5. The van der Waals surface area contributed by atoms with Gasteiger partial charge in [-0.25, -0.2) is 0 Å². The van der Waals surface area contributed by atoms with Gasteiger partial charge in [-0.1, -0.05) is 41.4 Å². The molecule has 1 aromatic heterocycles. The standard InChI is InChI=1S/C27H18Cl2N2O6/c1-35-26-17(28)8-13(9-18(26)29)24(32)22-23(16-11-30-19-5-3-2-4-15(16)19)31(27(34)25(22)33)14-6-7-20-21(10-14)37-12-36-20/h2-11,23,30,32H,12H2,1H3/b24-22+. The Kier molecular flexibility index (Phi) is 5.51. The van der Waals surface area contributed by atoms with Crippen molar-refractivity contribution in [3.8, 4) is 17.2 Å². The number of carbonyl (C=O) groups is 2. The van der Waals surface area contributed by atoms with Crippen molar-refractivity contribution >= 4 is 57.2 Å². The Morgan fingerprint density at radius 3 is 2.54 bits per heavy atom. The molecule has 1 unspecified atom stereocenters. The van der Waals surface area contributed by atoms with E-state index < -0.39 is 23.5 Å². The highest BCUT2D eigenvalue weighted by Gasteiger charge is 2.48. The van der Waals surface area contributed by atoms with E-state index in [1.165, 1.54) is 24.1 Å². The number of aromatic amines is 1. The van der Waals surface area contributed by atoms with Crippen LogP contribution in [0.4, 0.5) is 5.69 Å². The average molecular weight is 537 g/mol. The Morgan fingerprint density at radius 1 is 1.05 bits per heavy atom. The fraction of sp³-hybridized carbons (Fsp3) is 0.111. The number of hydrogen-bond donors (Lipinski definition) is 2. The number of fused-ring (bicyclic) bond motifs is 2. The molecule has 2 N–H and O–H groups in total. The van der Waals surface area contributed by atoms with E-state index in [4.69, 9.17) is 37.4 Å². The first-order chi connectivity index (χ1) is 17.9. The summed E-state index contributed by atoms with van der Waals surface area (Å²) in [6.07, 6.45) is 1.72. The third-order valence-corrected chi connectivity index (χ3v) is 7.03. The fourth-order valence-electron chi connectivity index (χ4n) is 4.80. The Bertz CT molecular complexity index is 1620. The topological polar surface area (TPSA) is 101 Å². The number of para-hydroxylation sites is 1. The monoisotopic (exact) mass is 536 g/mol. The number of aliphatic hydroxyl groups is 1. The van der Waals surface area contributed by atoms with Crippen LogP contribution in [0.3, 0.4) is 0 Å². The summed E-state index contributed by atoms with van der Waals surface area (Å²) in [5, 5.41) is 12.5. The Hall–Kier alpha value is -4.14. The van der Waals surface area contributed by atoms with Crippen molar-refractivity contribution in [1.82, 2.24) is 4.98 Å². The molecule has 2 aliphatic rings. The molecule has 4 aromatic rings. The van der Waals surface area contributed by atoms with E-state index >= 15 is 0 Å². The van der Waals surface area contributed by atoms with Crippen LogP contribution in [0.2, 0.25) is 10.0 Å². The van der Waals surface area contributed by atoms with Crippen molar-refractivity contribution in [3.63, 3.8) is 0 Å². The summed E-state index contributed by atoms with van der Waals surface area (Å²) in [5.41, 5.74) is 1.91. The number of rotatable bonds is 4. The van der Waals surface area contributed by atoms with Crippen LogP contribution in [-0.4, -0.2) is 35.7 Å². The summed E-state index contributed by atoms with van der Waals surface area (Å²) in [7, 11) is 1.42. The highest BCUT2D eigenvalue weighted by molar-refractivity contribution is 6.52. The Morgan fingerprint density at radius 2 is 1.78 bits per heavy atom. The van der Waals surface area contributed by atoms with Gasteiger partial charge in [0, 0.05) is 40.0 Å². The van der Waals surface area contributed by atoms with Gasteiger partial charge in [0.15, 0.2) is 17.2 Å². The van der Waals surface area contributed by atoms with Crippen LogP contribution in [0.25, 0.3) is 16.7 Å². The zero-order valence-electron chi connectivity index (χ0n) is 19.2. The number of methoxy groups -OCH3 is 1. The van der Waals surface area contributed by atoms with Crippen LogP contribution >= 0.6 is 23.2 Å². The molecule has 186 valence electrons. The molecule has 0 spiro atoms. The molecule has 0 saturated carbocycles. The second-order valence-corrected chi connectivity index (χ2v) is 9.28. The summed E-state index contributed by atoms with van der Waals surface area (Å²) in [5.74, 6) is -0.857. The number of nitrogens with zero attached hydrogens (tertiary/aromatic N) is 1. The van der Waals surface area contributed by atoms with E-state index in [1.54, 1.807) is 24.4 Å². The van der Waals surface area contributed by atoms with Gasteiger partial charge in [0.25, 0.3) is 11.7 Å². The number of aliphatic hydroxyl groups excluding tert-OH is 1. The number of anilines is 1. The van der Waals surface area contributed by atoms with E-state index in [0.29, 0.717) is 22.7 Å². The Balaban J connectivity index is 1.59. The highest BCUT2D eigenvalue weighted by Crippen LogP contribution is 2.47. The molecule has 3 heterocycles. The normalized spacial score (nSPS) is 18.1. The van der Waals surface area contributed by atoms with Gasteiger partial charge in [0.05, 0.1) is 28.8 Å². The number of hydrogen-bond acceptors (Lipinski definition) is 6. The number of amides is 1. The number of Topliss-reactive ketones (excluding diaryl/α,β-unsaturated/α-hetero) is 1. The van der Waals surface area contributed by atoms with Crippen LogP contribution in [0.15, 0.2) is 66.4 Å². The van der Waals surface area contributed by atoms with Gasteiger partial charge in [0.2, 0.25) is 6.79 Å². The maximum absolute atomic E-state index is 13.5. The van der Waals surface area contributed by atoms with Crippen molar-refractivity contribution in [2.24, 2.45) is 0 Å². The lowest BCUT2D eigenvalue weighted by Crippen LogP contribution is -2.29. The van der Waals surface area contributed by atoms with Crippen molar-refractivity contribution in [2.45, 2.75) is 6.04 Å². The Labute approximate surface area is 220 Å². The largest absolute Gasteiger partial charge is 0.507 e. The van der Waals surface area contributed by atoms with Crippen LogP contribution in [0.5, 0.6) is 17.2 Å². The van der Waals surface area contributed by atoms with Gasteiger partial charge < -0.3 is 24.3 Å². The SMILES string of the molecule is COc1c(Cl)cc(/C(O)=C2\C(=O)C(=O)N(c3ccc4c(c3)OCO4)C2c2c[nH]c3ccccc23)cc1Cl. The summed E-state index contributed by atoms with van der Waals surface area (Å²) in [6, 6.07) is 14.4. The van der Waals surface area contributed by atoms with Crippen molar-refractivity contribution in [3.05, 3.63) is 87.5 Å². The zero-order chi connectivity index (χ0) is 25.8. The van der Waals surface area contributed by atoms with E-state index in [1.807, 2.05) is 24.3 Å². The first-order valence-electron chi connectivity index (χ1n) is 11.2. The summed E-state index contributed by atoms with van der Waals surface area (Å²) in [6.45, 7) is 0.0580. The van der Waals surface area contributed by atoms with Gasteiger partial charge in [-0.2, -0.15) is 0 Å². The van der Waals surface area contributed by atoms with Crippen LogP contribution in [0.1, 0.15) is 17.2 Å². The second kappa shape index (κ2) is 8.76. The number of carbonyl (C=O) groups excluding carboxylic acids is 2. The molecule has 6 rings (SSSR count). The third kappa shape index (κ3) is 3.60. The molecule has 0 radical (unpaired) electrons. The van der Waals surface area contributed by atoms with Crippen LogP contribution in [-0.2, 0) is 9.59 Å². The molecule has 0 aliphatic carbocycles. The second-order valence-electron chi connectivity index (χ2n) is 8.47. The molecular formula is C27H18Cl2N2O6. The number of ketones is 1. The van der Waals surface area contributed by atoms with Gasteiger partial charge in [-0.15, -0.1) is 0 Å². The molecule has 37 heavy (non-hydrogen) atoms. The lowest BCUT2D eigenvalue weighted by Gasteiger charge is -2.25. The predicted molar refractivity (Wildman–Crippen MR) is 139 cm³/mol. The quantitative estimate of drug-likeness (QED) is 0.193. The average Bonchev–Trinajstić information content (AvgIpc) is 3.59. The summed E-state index contributed by atoms with van der Waals surface area (Å²) in [4.78, 5) is 31.5. The molecule has 1 fully saturated rings. The number of nitrogens with one attached hydrogen (secondary N) is 1. The molecule has 2 aliphatic heterocycles. The van der Waals surface area contributed by atoms with Gasteiger partial charge in [0.1, 0.15) is 5.76 Å². The summed E-state index contributed by atoms with van der Waals surface area (Å²) >= 11 is 12.6. The fourth-order valence-corrected chi connectivity index (χ4v) is 5.44. The van der Waals surface area contributed by atoms with Crippen LogP contribution < -0.4 is 19.1 Å². The molecular weight excluding hydrogens is 519 g/mol. The van der Waals surface area contributed by atoms with Crippen molar-refractivity contribution in [2.75, 3.05) is 18.8 Å². The van der Waals surface area contributed by atoms with Crippen LogP contribution in [0, 0.1) is 0 Å². The minimum atomic E-state index is -0.962. The predicted octanol–water partition coefficient (Wildman–Crippen LogP) is 5.84. The number of ether oxygens (including phenoxy) is 3. The smallest absolute Gasteiger partial charge is 0.300 e. The zero-order valence-corrected chi connectivity index (χ0v) is 20.8. The van der Waals surface area contributed by atoms with Gasteiger partial charge in [-0.05, 0) is 30.3 Å². The lowest BCUT2D eigenvalue weighted by molar-refractivity contribution is -0.132. The molecule has 1 amide bonds. The third-order valence-electron chi connectivity index (χ3n) is 6.47. The molecule has 1 atom stereocenters.